The van der Waals surface area contributed by atoms with Crippen LogP contribution >= 0.6 is 23.2 Å². The molecule has 0 fully saturated rings. The van der Waals surface area contributed by atoms with Crippen molar-refractivity contribution in [2.45, 2.75) is 19.9 Å². The zero-order valence-corrected chi connectivity index (χ0v) is 12.4. The summed E-state index contributed by atoms with van der Waals surface area (Å²) in [7, 11) is 0. The van der Waals surface area contributed by atoms with Gasteiger partial charge in [-0.2, -0.15) is 15.0 Å². The van der Waals surface area contributed by atoms with E-state index in [9.17, 15) is 0 Å². The summed E-state index contributed by atoms with van der Waals surface area (Å²) in [5.74, 6) is 0.357. The highest BCUT2D eigenvalue weighted by Gasteiger charge is 2.06. The number of ether oxygens (including phenoxy) is 1. The maximum atomic E-state index is 6.08. The van der Waals surface area contributed by atoms with Gasteiger partial charge < -0.3 is 10.1 Å². The molecule has 1 heterocycles. The fraction of sp³-hybridized carbons (Fsp3) is 0.308. The van der Waals surface area contributed by atoms with Gasteiger partial charge >= 0.3 is 6.01 Å². The van der Waals surface area contributed by atoms with Gasteiger partial charge in [0.15, 0.2) is 0 Å². The quantitative estimate of drug-likeness (QED) is 0.883. The average molecular weight is 313 g/mol. The molecule has 2 aromatic rings. The number of nitrogens with one attached hydrogen (secondary N) is 1. The van der Waals surface area contributed by atoms with Gasteiger partial charge in [-0.25, -0.2) is 0 Å². The Morgan fingerprint density at radius 2 is 1.95 bits per heavy atom. The molecule has 2 rings (SSSR count). The molecule has 0 radical (unpaired) electrons. The smallest absolute Gasteiger partial charge is 0.322 e. The van der Waals surface area contributed by atoms with E-state index in [1.807, 2.05) is 31.2 Å². The van der Waals surface area contributed by atoms with Crippen LogP contribution in [0.15, 0.2) is 24.3 Å². The van der Waals surface area contributed by atoms with Crippen molar-refractivity contribution in [1.29, 1.82) is 0 Å². The number of aromatic nitrogens is 3. The van der Waals surface area contributed by atoms with Crippen LogP contribution in [0.5, 0.6) is 6.01 Å². The van der Waals surface area contributed by atoms with E-state index in [2.05, 4.69) is 20.3 Å². The zero-order valence-electron chi connectivity index (χ0n) is 10.9. The van der Waals surface area contributed by atoms with E-state index in [1.165, 1.54) is 0 Å². The van der Waals surface area contributed by atoms with Gasteiger partial charge in [0.1, 0.15) is 0 Å². The molecule has 0 saturated heterocycles. The first kappa shape index (κ1) is 14.8. The molecule has 0 unspecified atom stereocenters. The molecule has 106 valence electrons. The summed E-state index contributed by atoms with van der Waals surface area (Å²) in [4.78, 5) is 12.0. The minimum Gasteiger partial charge on any atom is -0.463 e. The standard InChI is InChI=1S/C13H14Cl2N4O/c1-2-7-20-13-18-11(15)17-12(19-13)16-8-9-5-3-4-6-10(9)14/h3-6H,2,7-8H2,1H3,(H,16,17,18,19). The highest BCUT2D eigenvalue weighted by atomic mass is 35.5. The molecule has 1 N–H and O–H groups in total. The average Bonchev–Trinajstić information content (AvgIpc) is 2.44. The van der Waals surface area contributed by atoms with E-state index in [1.54, 1.807) is 0 Å². The Hall–Kier alpha value is -1.59. The van der Waals surface area contributed by atoms with Gasteiger partial charge in [0.25, 0.3) is 0 Å². The third-order valence-corrected chi connectivity index (χ3v) is 2.96. The Kier molecular flexibility index (Phi) is 5.38. The van der Waals surface area contributed by atoms with Gasteiger partial charge in [-0.15, -0.1) is 0 Å². The van der Waals surface area contributed by atoms with Crippen molar-refractivity contribution >= 4 is 29.2 Å². The Balaban J connectivity index is 2.05. The van der Waals surface area contributed by atoms with Crippen LogP contribution in [0.2, 0.25) is 10.3 Å². The number of rotatable bonds is 6. The molecule has 1 aromatic carbocycles. The molecule has 1 aromatic heterocycles. The summed E-state index contributed by atoms with van der Waals surface area (Å²) in [6.45, 7) is 3.02. The number of hydrogen-bond donors (Lipinski definition) is 1. The summed E-state index contributed by atoms with van der Waals surface area (Å²) >= 11 is 11.9. The minimum absolute atomic E-state index is 0.0905. The van der Waals surface area contributed by atoms with Crippen LogP contribution < -0.4 is 10.1 Å². The highest BCUT2D eigenvalue weighted by molar-refractivity contribution is 6.31. The fourth-order valence-electron chi connectivity index (χ4n) is 1.48. The lowest BCUT2D eigenvalue weighted by molar-refractivity contribution is 0.291. The van der Waals surface area contributed by atoms with Crippen molar-refractivity contribution in [2.75, 3.05) is 11.9 Å². The summed E-state index contributed by atoms with van der Waals surface area (Å²) < 4.78 is 5.34. The third-order valence-electron chi connectivity index (χ3n) is 2.42. The number of nitrogens with zero attached hydrogens (tertiary/aromatic N) is 3. The Bertz CT molecular complexity index is 580. The van der Waals surface area contributed by atoms with E-state index in [4.69, 9.17) is 27.9 Å². The van der Waals surface area contributed by atoms with Gasteiger partial charge in [0.2, 0.25) is 11.2 Å². The van der Waals surface area contributed by atoms with Gasteiger partial charge in [-0.1, -0.05) is 36.7 Å². The lowest BCUT2D eigenvalue weighted by Crippen LogP contribution is -2.08. The fourth-order valence-corrected chi connectivity index (χ4v) is 1.84. The van der Waals surface area contributed by atoms with Crippen molar-refractivity contribution in [1.82, 2.24) is 15.0 Å². The molecule has 0 bridgehead atoms. The Labute approximate surface area is 127 Å². The Morgan fingerprint density at radius 1 is 1.15 bits per heavy atom. The summed E-state index contributed by atoms with van der Waals surface area (Å²) in [5.41, 5.74) is 0.946. The second-order valence-electron chi connectivity index (χ2n) is 4.00. The van der Waals surface area contributed by atoms with Gasteiger partial charge in [-0.3, -0.25) is 0 Å². The monoisotopic (exact) mass is 312 g/mol. The van der Waals surface area contributed by atoms with Gasteiger partial charge in [-0.05, 0) is 29.7 Å². The number of hydrogen-bond acceptors (Lipinski definition) is 5. The lowest BCUT2D eigenvalue weighted by atomic mass is 10.2. The molecule has 0 spiro atoms. The molecule has 0 aliphatic carbocycles. The zero-order chi connectivity index (χ0) is 14.4. The van der Waals surface area contributed by atoms with Gasteiger partial charge in [0, 0.05) is 11.6 Å². The maximum absolute atomic E-state index is 6.08. The van der Waals surface area contributed by atoms with Crippen molar-refractivity contribution in [3.63, 3.8) is 0 Å². The number of benzene rings is 1. The molecular weight excluding hydrogens is 299 g/mol. The van der Waals surface area contributed by atoms with E-state index in [0.717, 1.165) is 12.0 Å². The van der Waals surface area contributed by atoms with Crippen LogP contribution in [0.3, 0.4) is 0 Å². The molecule has 0 aliphatic heterocycles. The minimum atomic E-state index is 0.0905. The van der Waals surface area contributed by atoms with Crippen LogP contribution in [0, 0.1) is 0 Å². The molecule has 0 aliphatic rings. The first-order valence-corrected chi connectivity index (χ1v) is 6.96. The number of halogens is 2. The van der Waals surface area contributed by atoms with E-state index < -0.39 is 0 Å². The topological polar surface area (TPSA) is 59.9 Å². The van der Waals surface area contributed by atoms with E-state index in [-0.39, 0.29) is 11.3 Å². The molecule has 0 saturated carbocycles. The molecule has 0 atom stereocenters. The molecule has 7 heteroatoms. The van der Waals surface area contributed by atoms with Gasteiger partial charge in [0.05, 0.1) is 6.61 Å². The second-order valence-corrected chi connectivity index (χ2v) is 4.75. The predicted molar refractivity (Wildman–Crippen MR) is 79.4 cm³/mol. The van der Waals surface area contributed by atoms with E-state index >= 15 is 0 Å². The first-order chi connectivity index (χ1) is 9.69. The number of anilines is 1. The summed E-state index contributed by atoms with van der Waals surface area (Å²) in [6.07, 6.45) is 0.867. The van der Waals surface area contributed by atoms with Crippen LogP contribution in [0.25, 0.3) is 0 Å². The predicted octanol–water partition coefficient (Wildman–Crippen LogP) is 3.58. The van der Waals surface area contributed by atoms with Crippen LogP contribution in [-0.4, -0.2) is 21.6 Å². The third kappa shape index (κ3) is 4.21. The van der Waals surface area contributed by atoms with Crippen molar-refractivity contribution in [3.05, 3.63) is 40.1 Å². The van der Waals surface area contributed by atoms with Crippen LogP contribution in [0.1, 0.15) is 18.9 Å². The SMILES string of the molecule is CCCOc1nc(Cl)nc(NCc2ccccc2Cl)n1. The van der Waals surface area contributed by atoms with Crippen LogP contribution in [-0.2, 0) is 6.54 Å². The summed E-state index contributed by atoms with van der Waals surface area (Å²) in [6, 6.07) is 7.76. The van der Waals surface area contributed by atoms with Crippen molar-refractivity contribution in [2.24, 2.45) is 0 Å². The normalized spacial score (nSPS) is 10.3. The van der Waals surface area contributed by atoms with E-state index in [0.29, 0.717) is 24.1 Å². The van der Waals surface area contributed by atoms with Crippen molar-refractivity contribution < 1.29 is 4.74 Å². The molecule has 0 amide bonds. The molecule has 20 heavy (non-hydrogen) atoms. The molecular formula is C13H14Cl2N4O. The summed E-state index contributed by atoms with van der Waals surface area (Å²) in [5, 5.41) is 3.82. The second kappa shape index (κ2) is 7.26. The van der Waals surface area contributed by atoms with Crippen molar-refractivity contribution in [3.8, 4) is 6.01 Å². The lowest BCUT2D eigenvalue weighted by Gasteiger charge is -2.08. The van der Waals surface area contributed by atoms with Crippen LogP contribution in [0.4, 0.5) is 5.95 Å². The highest BCUT2D eigenvalue weighted by Crippen LogP contribution is 2.17. The molecule has 5 nitrogen and oxygen atoms in total. The Morgan fingerprint density at radius 3 is 2.70 bits per heavy atom. The first-order valence-electron chi connectivity index (χ1n) is 6.20. The largest absolute Gasteiger partial charge is 0.463 e. The maximum Gasteiger partial charge on any atom is 0.322 e.